The topological polar surface area (TPSA) is 49.4 Å². The smallest absolute Gasteiger partial charge is 0.335 e. The highest BCUT2D eigenvalue weighted by atomic mass is 16.5. The molecule has 0 spiro atoms. The van der Waals surface area contributed by atoms with Crippen LogP contribution in [0.3, 0.4) is 0 Å². The van der Waals surface area contributed by atoms with Gasteiger partial charge in [-0.1, -0.05) is 0 Å². The number of carbonyl (C=O) groups is 1. The van der Waals surface area contributed by atoms with E-state index in [4.69, 9.17) is 0 Å². The van der Waals surface area contributed by atoms with Crippen LogP contribution in [0.25, 0.3) is 0 Å². The maximum Gasteiger partial charge on any atom is 0.335 e. The maximum absolute atomic E-state index is 11.8. The third-order valence-corrected chi connectivity index (χ3v) is 2.59. The van der Waals surface area contributed by atoms with Crippen molar-refractivity contribution in [3.05, 3.63) is 11.6 Å². The Kier molecular flexibility index (Phi) is 2.46. The molecule has 0 aromatic carbocycles. The molecule has 0 saturated carbocycles. The molecule has 79 valence electrons. The van der Waals surface area contributed by atoms with E-state index in [0.717, 1.165) is 5.06 Å². The minimum Gasteiger partial charge on any atom is -0.466 e. The van der Waals surface area contributed by atoms with Gasteiger partial charge in [-0.15, -0.1) is 10.3 Å². The molecule has 1 rings (SSSR count). The zero-order valence-corrected chi connectivity index (χ0v) is 9.25. The second kappa shape index (κ2) is 3.07. The summed E-state index contributed by atoms with van der Waals surface area (Å²) in [5, 5.41) is 12.8. The molecule has 0 bridgehead atoms. The Hall–Kier alpha value is -0.870. The Bertz CT molecular complexity index is 292. The Morgan fingerprint density at radius 2 is 1.86 bits per heavy atom. The van der Waals surface area contributed by atoms with Gasteiger partial charge in [0.05, 0.1) is 23.8 Å². The standard InChI is InChI=1S/C10H16NO3/c1-9(2)6-7(8(12)14-5)10(3,4)11(9)13/h6H,1-5H3. The van der Waals surface area contributed by atoms with Gasteiger partial charge in [-0.3, -0.25) is 0 Å². The molecule has 4 nitrogen and oxygen atoms in total. The molecule has 0 atom stereocenters. The summed E-state index contributed by atoms with van der Waals surface area (Å²) in [5.74, 6) is -0.429. The third kappa shape index (κ3) is 1.44. The first-order valence-electron chi connectivity index (χ1n) is 4.52. The summed E-state index contributed by atoms with van der Waals surface area (Å²) in [6.45, 7) is 6.99. The fraction of sp³-hybridized carbons (Fsp3) is 0.700. The summed E-state index contributed by atoms with van der Waals surface area (Å²) in [6.07, 6.45) is 1.67. The van der Waals surface area contributed by atoms with Crippen molar-refractivity contribution in [2.24, 2.45) is 0 Å². The van der Waals surface area contributed by atoms with Crippen molar-refractivity contribution in [1.82, 2.24) is 5.06 Å². The lowest BCUT2D eigenvalue weighted by molar-refractivity contribution is -0.239. The van der Waals surface area contributed by atoms with E-state index in [1.165, 1.54) is 7.11 Å². The van der Waals surface area contributed by atoms with Crippen molar-refractivity contribution in [1.29, 1.82) is 0 Å². The van der Waals surface area contributed by atoms with Crippen molar-refractivity contribution in [2.75, 3.05) is 7.11 Å². The van der Waals surface area contributed by atoms with Gasteiger partial charge in [0.1, 0.15) is 0 Å². The van der Waals surface area contributed by atoms with E-state index in [2.05, 4.69) is 4.74 Å². The lowest BCUT2D eigenvalue weighted by atomic mass is 9.97. The number of hydrogen-bond acceptors (Lipinski definition) is 3. The first-order chi connectivity index (χ1) is 6.23. The summed E-state index contributed by atoms with van der Waals surface area (Å²) >= 11 is 0. The van der Waals surface area contributed by atoms with Crippen LogP contribution in [0.5, 0.6) is 0 Å². The van der Waals surface area contributed by atoms with Crippen LogP contribution in [0.2, 0.25) is 0 Å². The van der Waals surface area contributed by atoms with Crippen molar-refractivity contribution < 1.29 is 14.7 Å². The van der Waals surface area contributed by atoms with Gasteiger partial charge in [-0.05, 0) is 33.8 Å². The zero-order valence-electron chi connectivity index (χ0n) is 9.25. The van der Waals surface area contributed by atoms with Crippen LogP contribution in [0.15, 0.2) is 11.6 Å². The molecule has 1 aliphatic rings. The summed E-state index contributed by atoms with van der Waals surface area (Å²) in [6, 6.07) is 0. The second-order valence-corrected chi connectivity index (χ2v) is 4.56. The Morgan fingerprint density at radius 1 is 1.36 bits per heavy atom. The Morgan fingerprint density at radius 3 is 2.14 bits per heavy atom. The van der Waals surface area contributed by atoms with E-state index in [0.29, 0.717) is 5.57 Å². The fourth-order valence-corrected chi connectivity index (χ4v) is 1.84. The summed E-state index contributed by atoms with van der Waals surface area (Å²) in [7, 11) is 1.32. The van der Waals surface area contributed by atoms with Crippen molar-refractivity contribution in [3.8, 4) is 0 Å². The number of hydrogen-bond donors (Lipinski definition) is 0. The van der Waals surface area contributed by atoms with Crippen LogP contribution < -0.4 is 0 Å². The van der Waals surface area contributed by atoms with Gasteiger partial charge in [0.2, 0.25) is 0 Å². The minimum atomic E-state index is -0.809. The Balaban J connectivity index is 3.13. The molecule has 1 heterocycles. The minimum absolute atomic E-state index is 0.429. The normalized spacial score (nSPS) is 24.6. The second-order valence-electron chi connectivity index (χ2n) is 4.56. The molecule has 0 aliphatic carbocycles. The molecule has 0 saturated heterocycles. The van der Waals surface area contributed by atoms with E-state index in [-0.39, 0.29) is 0 Å². The Labute approximate surface area is 84.1 Å². The highest BCUT2D eigenvalue weighted by molar-refractivity contribution is 5.91. The van der Waals surface area contributed by atoms with Gasteiger partial charge in [-0.2, -0.15) is 0 Å². The van der Waals surface area contributed by atoms with Crippen LogP contribution in [-0.4, -0.2) is 29.2 Å². The zero-order chi connectivity index (χ0) is 11.1. The molecule has 0 N–H and O–H groups in total. The van der Waals surface area contributed by atoms with Crippen molar-refractivity contribution in [2.45, 2.75) is 38.8 Å². The fourth-order valence-electron chi connectivity index (χ4n) is 1.84. The number of nitrogens with zero attached hydrogens (tertiary/aromatic N) is 1. The number of ether oxygens (including phenoxy) is 1. The number of carbonyl (C=O) groups excluding carboxylic acids is 1. The molecule has 0 aromatic heterocycles. The molecule has 0 unspecified atom stereocenters. The van der Waals surface area contributed by atoms with Gasteiger partial charge in [-0.25, -0.2) is 4.79 Å². The van der Waals surface area contributed by atoms with Gasteiger partial charge in [0.25, 0.3) is 0 Å². The molecular formula is C10H16NO3. The van der Waals surface area contributed by atoms with Crippen LogP contribution in [0.1, 0.15) is 27.7 Å². The first kappa shape index (κ1) is 11.2. The summed E-state index contributed by atoms with van der Waals surface area (Å²) in [5.41, 5.74) is -1.02. The number of methoxy groups -OCH3 is 1. The predicted octanol–water partition coefficient (Wildman–Crippen LogP) is 1.30. The lowest BCUT2D eigenvalue weighted by Gasteiger charge is -2.33. The average Bonchev–Trinajstić information content (AvgIpc) is 2.25. The van der Waals surface area contributed by atoms with E-state index < -0.39 is 17.0 Å². The molecule has 0 aromatic rings. The van der Waals surface area contributed by atoms with E-state index in [9.17, 15) is 10.0 Å². The van der Waals surface area contributed by atoms with Crippen LogP contribution in [-0.2, 0) is 14.7 Å². The molecule has 4 heteroatoms. The van der Waals surface area contributed by atoms with Crippen LogP contribution in [0.4, 0.5) is 0 Å². The molecule has 1 radical (unpaired) electrons. The molecule has 1 aliphatic heterocycles. The summed E-state index contributed by atoms with van der Waals surface area (Å²) < 4.78 is 4.64. The maximum atomic E-state index is 11.8. The molecule has 0 fully saturated rings. The number of esters is 1. The van der Waals surface area contributed by atoms with Gasteiger partial charge in [0, 0.05) is 0 Å². The largest absolute Gasteiger partial charge is 0.466 e. The highest BCUT2D eigenvalue weighted by Gasteiger charge is 2.49. The monoisotopic (exact) mass is 198 g/mol. The number of hydroxylamine groups is 2. The van der Waals surface area contributed by atoms with Gasteiger partial charge in [0.15, 0.2) is 0 Å². The van der Waals surface area contributed by atoms with Crippen LogP contribution >= 0.6 is 0 Å². The van der Waals surface area contributed by atoms with Crippen LogP contribution in [0, 0.1) is 0 Å². The van der Waals surface area contributed by atoms with E-state index >= 15 is 0 Å². The highest BCUT2D eigenvalue weighted by Crippen LogP contribution is 2.38. The summed E-state index contributed by atoms with van der Waals surface area (Å²) in [4.78, 5) is 11.4. The lowest BCUT2D eigenvalue weighted by Crippen LogP contribution is -2.47. The van der Waals surface area contributed by atoms with Crippen molar-refractivity contribution >= 4 is 5.97 Å². The van der Waals surface area contributed by atoms with E-state index in [1.54, 1.807) is 33.8 Å². The molecule has 14 heavy (non-hydrogen) atoms. The van der Waals surface area contributed by atoms with Gasteiger partial charge < -0.3 is 4.74 Å². The SMILES string of the molecule is COC(=O)C1=CC(C)(C)N([O])C1(C)C. The third-order valence-electron chi connectivity index (χ3n) is 2.59. The number of rotatable bonds is 1. The molecular weight excluding hydrogens is 182 g/mol. The quantitative estimate of drug-likeness (QED) is 0.597. The predicted molar refractivity (Wildman–Crippen MR) is 50.8 cm³/mol. The first-order valence-corrected chi connectivity index (χ1v) is 4.52. The van der Waals surface area contributed by atoms with Crippen molar-refractivity contribution in [3.63, 3.8) is 0 Å². The average molecular weight is 198 g/mol. The molecule has 0 amide bonds. The van der Waals surface area contributed by atoms with E-state index in [1.807, 2.05) is 0 Å². The van der Waals surface area contributed by atoms with Gasteiger partial charge >= 0.3 is 5.97 Å².